The maximum absolute atomic E-state index is 12.1. The third-order valence-electron chi connectivity index (χ3n) is 0.893. The maximum atomic E-state index is 12.1. The third kappa shape index (κ3) is 1.42. The van der Waals surface area contributed by atoms with Gasteiger partial charge in [-0.25, -0.2) is 4.39 Å². The summed E-state index contributed by atoms with van der Waals surface area (Å²) in [5, 5.41) is 10.6. The van der Waals surface area contributed by atoms with Crippen LogP contribution >= 0.6 is 15.9 Å². The van der Waals surface area contributed by atoms with Crippen LogP contribution in [0.2, 0.25) is 0 Å². The lowest BCUT2D eigenvalue weighted by atomic mass is 10.3. The van der Waals surface area contributed by atoms with Crippen LogP contribution in [0, 0.1) is 5.82 Å². The van der Waals surface area contributed by atoms with Gasteiger partial charge in [-0.3, -0.25) is 0 Å². The highest BCUT2D eigenvalue weighted by Crippen LogP contribution is 2.20. The van der Waals surface area contributed by atoms with Crippen molar-refractivity contribution in [1.29, 1.82) is 0 Å². The summed E-state index contributed by atoms with van der Waals surface area (Å²) in [5.41, 5.74) is 0. The number of halogens is 2. The second-order valence-corrected chi connectivity index (χ2v) is 2.43. The fourth-order valence-corrected chi connectivity index (χ4v) is 0.724. The molecule has 0 spiro atoms. The SMILES string of the molecule is [O-]c1cc(F)ccc1Br. The Balaban J connectivity index is 3.17. The van der Waals surface area contributed by atoms with Crippen LogP contribution < -0.4 is 5.11 Å². The number of hydrogen-bond donors (Lipinski definition) is 0. The van der Waals surface area contributed by atoms with E-state index in [1.807, 2.05) is 0 Å². The summed E-state index contributed by atoms with van der Waals surface area (Å²) in [7, 11) is 0. The molecular weight excluding hydrogens is 187 g/mol. The van der Waals surface area contributed by atoms with E-state index in [0.717, 1.165) is 6.07 Å². The van der Waals surface area contributed by atoms with Gasteiger partial charge in [0.15, 0.2) is 0 Å². The molecule has 0 aliphatic carbocycles. The fourth-order valence-electron chi connectivity index (χ4n) is 0.477. The van der Waals surface area contributed by atoms with Crippen LogP contribution in [0.15, 0.2) is 22.7 Å². The highest BCUT2D eigenvalue weighted by Gasteiger charge is 1.89. The lowest BCUT2D eigenvalue weighted by molar-refractivity contribution is -0.269. The molecular formula is C6H3BrFO-. The third-order valence-corrected chi connectivity index (χ3v) is 1.55. The molecule has 0 heterocycles. The molecule has 0 saturated heterocycles. The van der Waals surface area contributed by atoms with Crippen LogP contribution in [-0.2, 0) is 0 Å². The topological polar surface area (TPSA) is 23.1 Å². The first-order valence-electron chi connectivity index (χ1n) is 2.32. The summed E-state index contributed by atoms with van der Waals surface area (Å²) in [6, 6.07) is 3.55. The van der Waals surface area contributed by atoms with E-state index in [9.17, 15) is 9.50 Å². The van der Waals surface area contributed by atoms with Crippen molar-refractivity contribution in [2.24, 2.45) is 0 Å². The van der Waals surface area contributed by atoms with Crippen molar-refractivity contribution in [1.82, 2.24) is 0 Å². The summed E-state index contributed by atoms with van der Waals surface area (Å²) in [6.07, 6.45) is 0. The van der Waals surface area contributed by atoms with Gasteiger partial charge in [0, 0.05) is 4.47 Å². The average Bonchev–Trinajstić information content (AvgIpc) is 1.80. The Morgan fingerprint density at radius 3 is 2.56 bits per heavy atom. The first kappa shape index (κ1) is 6.55. The summed E-state index contributed by atoms with van der Waals surface area (Å²) in [5.74, 6) is -0.821. The van der Waals surface area contributed by atoms with Gasteiger partial charge >= 0.3 is 0 Å². The predicted molar refractivity (Wildman–Crippen MR) is 33.5 cm³/mol. The largest absolute Gasteiger partial charge is 0.872 e. The van der Waals surface area contributed by atoms with E-state index in [-0.39, 0.29) is 5.75 Å². The van der Waals surface area contributed by atoms with Gasteiger partial charge in [-0.2, -0.15) is 0 Å². The van der Waals surface area contributed by atoms with Gasteiger partial charge in [0.25, 0.3) is 0 Å². The lowest BCUT2D eigenvalue weighted by Gasteiger charge is -2.05. The number of benzene rings is 1. The Labute approximate surface area is 60.3 Å². The first-order valence-corrected chi connectivity index (χ1v) is 3.11. The van der Waals surface area contributed by atoms with Crippen LogP contribution in [0.1, 0.15) is 0 Å². The molecule has 0 aromatic heterocycles. The van der Waals surface area contributed by atoms with Gasteiger partial charge in [0.2, 0.25) is 0 Å². The fraction of sp³-hybridized carbons (Fsp3) is 0. The Hall–Kier alpha value is -0.570. The van der Waals surface area contributed by atoms with Gasteiger partial charge in [-0.1, -0.05) is 21.7 Å². The molecule has 1 aromatic carbocycles. The van der Waals surface area contributed by atoms with Crippen molar-refractivity contribution in [3.8, 4) is 5.75 Å². The zero-order valence-electron chi connectivity index (χ0n) is 4.40. The van der Waals surface area contributed by atoms with Gasteiger partial charge < -0.3 is 5.11 Å². The normalized spacial score (nSPS) is 9.56. The average molecular weight is 190 g/mol. The van der Waals surface area contributed by atoms with E-state index in [2.05, 4.69) is 15.9 Å². The lowest BCUT2D eigenvalue weighted by Crippen LogP contribution is -1.90. The van der Waals surface area contributed by atoms with Crippen molar-refractivity contribution in [3.05, 3.63) is 28.5 Å². The highest BCUT2D eigenvalue weighted by atomic mass is 79.9. The van der Waals surface area contributed by atoms with Gasteiger partial charge in [0.05, 0.1) is 0 Å². The van der Waals surface area contributed by atoms with Gasteiger partial charge in [0.1, 0.15) is 5.82 Å². The standard InChI is InChI=1S/C6H4BrFO/c7-5-2-1-4(8)3-6(5)9/h1-3,9H/p-1. The van der Waals surface area contributed by atoms with Crippen LogP contribution in [0.5, 0.6) is 5.75 Å². The van der Waals surface area contributed by atoms with Crippen molar-refractivity contribution < 1.29 is 9.50 Å². The first-order chi connectivity index (χ1) is 4.20. The molecule has 0 N–H and O–H groups in total. The molecule has 9 heavy (non-hydrogen) atoms. The highest BCUT2D eigenvalue weighted by molar-refractivity contribution is 9.10. The van der Waals surface area contributed by atoms with E-state index < -0.39 is 5.82 Å². The molecule has 0 aliphatic heterocycles. The quantitative estimate of drug-likeness (QED) is 0.609. The minimum Gasteiger partial charge on any atom is -0.872 e. The Bertz CT molecular complexity index is 224. The van der Waals surface area contributed by atoms with Crippen LogP contribution in [0.3, 0.4) is 0 Å². The molecule has 0 unspecified atom stereocenters. The Morgan fingerprint density at radius 2 is 2.11 bits per heavy atom. The van der Waals surface area contributed by atoms with Crippen molar-refractivity contribution in [2.45, 2.75) is 0 Å². The molecule has 1 rings (SSSR count). The molecule has 0 fully saturated rings. The molecule has 0 saturated carbocycles. The summed E-state index contributed by atoms with van der Waals surface area (Å²) in [4.78, 5) is 0. The van der Waals surface area contributed by atoms with Crippen molar-refractivity contribution >= 4 is 15.9 Å². The Kier molecular flexibility index (Phi) is 1.71. The second-order valence-electron chi connectivity index (χ2n) is 1.57. The number of rotatable bonds is 0. The van der Waals surface area contributed by atoms with E-state index in [0.29, 0.717) is 4.47 Å². The maximum Gasteiger partial charge on any atom is 0.122 e. The zero-order valence-corrected chi connectivity index (χ0v) is 5.98. The molecule has 0 radical (unpaired) electrons. The van der Waals surface area contributed by atoms with Crippen LogP contribution in [0.4, 0.5) is 4.39 Å². The summed E-state index contributed by atoms with van der Waals surface area (Å²) in [6.45, 7) is 0. The minimum absolute atomic E-state index is 0.324. The zero-order chi connectivity index (χ0) is 6.85. The van der Waals surface area contributed by atoms with Crippen LogP contribution in [0.25, 0.3) is 0 Å². The predicted octanol–water partition coefficient (Wildman–Crippen LogP) is 1.66. The second kappa shape index (κ2) is 2.35. The Morgan fingerprint density at radius 1 is 1.44 bits per heavy atom. The van der Waals surface area contributed by atoms with Crippen LogP contribution in [-0.4, -0.2) is 0 Å². The molecule has 3 heteroatoms. The number of hydrogen-bond acceptors (Lipinski definition) is 1. The molecule has 1 aromatic rings. The summed E-state index contributed by atoms with van der Waals surface area (Å²) < 4.78 is 12.5. The molecule has 1 nitrogen and oxygen atoms in total. The van der Waals surface area contributed by atoms with E-state index in [1.165, 1.54) is 12.1 Å². The van der Waals surface area contributed by atoms with E-state index >= 15 is 0 Å². The van der Waals surface area contributed by atoms with Gasteiger partial charge in [-0.15, -0.1) is 0 Å². The molecule has 0 aliphatic rings. The molecule has 0 amide bonds. The molecule has 0 atom stereocenters. The summed E-state index contributed by atoms with van der Waals surface area (Å²) >= 11 is 2.95. The minimum atomic E-state index is -0.497. The molecule has 48 valence electrons. The molecule has 0 bridgehead atoms. The van der Waals surface area contributed by atoms with Gasteiger partial charge in [-0.05, 0) is 18.2 Å². The van der Waals surface area contributed by atoms with E-state index in [1.54, 1.807) is 0 Å². The van der Waals surface area contributed by atoms with E-state index in [4.69, 9.17) is 0 Å². The van der Waals surface area contributed by atoms with Crippen molar-refractivity contribution in [2.75, 3.05) is 0 Å². The van der Waals surface area contributed by atoms with Crippen molar-refractivity contribution in [3.63, 3.8) is 0 Å². The smallest absolute Gasteiger partial charge is 0.122 e. The monoisotopic (exact) mass is 189 g/mol.